The Morgan fingerprint density at radius 1 is 1.37 bits per heavy atom. The van der Waals surface area contributed by atoms with Crippen molar-refractivity contribution in [1.82, 2.24) is 4.31 Å². The Labute approximate surface area is 112 Å². The zero-order valence-electron chi connectivity index (χ0n) is 10.7. The summed E-state index contributed by atoms with van der Waals surface area (Å²) in [5.74, 6) is -0.118. The fourth-order valence-corrected chi connectivity index (χ4v) is 3.56. The van der Waals surface area contributed by atoms with Gasteiger partial charge in [-0.2, -0.15) is 4.31 Å². The van der Waals surface area contributed by atoms with Crippen LogP contribution in [0.3, 0.4) is 0 Å². The van der Waals surface area contributed by atoms with Crippen molar-refractivity contribution >= 4 is 15.7 Å². The number of benzene rings is 1. The number of phenols is 1. The molecule has 2 rings (SSSR count). The van der Waals surface area contributed by atoms with Crippen LogP contribution in [0.15, 0.2) is 23.1 Å². The molecule has 1 aromatic rings. The standard InChI is InChI=1S/C12H18N2O4S/c1-14(9-4-6-18-7-5-9)19(16,17)10-2-3-12(15)11(13)8-10/h2-3,8-9,15H,4-7,13H2,1H3. The van der Waals surface area contributed by atoms with Crippen molar-refractivity contribution in [2.75, 3.05) is 26.0 Å². The zero-order chi connectivity index (χ0) is 14.0. The lowest BCUT2D eigenvalue weighted by molar-refractivity contribution is 0.0632. The Kier molecular flexibility index (Phi) is 3.98. The zero-order valence-corrected chi connectivity index (χ0v) is 11.6. The van der Waals surface area contributed by atoms with Crippen molar-refractivity contribution in [3.63, 3.8) is 0 Å². The summed E-state index contributed by atoms with van der Waals surface area (Å²) in [5, 5.41) is 9.35. The average Bonchev–Trinajstić information content (AvgIpc) is 2.41. The van der Waals surface area contributed by atoms with Gasteiger partial charge in [0.05, 0.1) is 10.6 Å². The number of rotatable bonds is 3. The maximum atomic E-state index is 12.4. The highest BCUT2D eigenvalue weighted by Crippen LogP contribution is 2.27. The van der Waals surface area contributed by atoms with Crippen LogP contribution in [0.2, 0.25) is 0 Å². The Bertz CT molecular complexity index is 553. The first-order valence-electron chi connectivity index (χ1n) is 6.07. The second-order valence-corrected chi connectivity index (χ2v) is 6.58. The molecule has 0 radical (unpaired) electrons. The summed E-state index contributed by atoms with van der Waals surface area (Å²) >= 11 is 0. The number of phenolic OH excluding ortho intramolecular Hbond substituents is 1. The molecule has 0 atom stereocenters. The summed E-state index contributed by atoms with van der Waals surface area (Å²) in [6, 6.07) is 3.87. The number of nitrogens with zero attached hydrogens (tertiary/aromatic N) is 1. The minimum Gasteiger partial charge on any atom is -0.506 e. The van der Waals surface area contributed by atoms with Gasteiger partial charge in [-0.3, -0.25) is 0 Å². The van der Waals surface area contributed by atoms with Crippen molar-refractivity contribution in [3.8, 4) is 5.75 Å². The van der Waals surface area contributed by atoms with Crippen molar-refractivity contribution in [2.24, 2.45) is 0 Å². The van der Waals surface area contributed by atoms with E-state index in [-0.39, 0.29) is 22.4 Å². The van der Waals surface area contributed by atoms with Gasteiger partial charge in [-0.1, -0.05) is 0 Å². The molecule has 1 aliphatic heterocycles. The molecule has 19 heavy (non-hydrogen) atoms. The van der Waals surface area contributed by atoms with Gasteiger partial charge in [0.25, 0.3) is 0 Å². The number of nitrogen functional groups attached to an aromatic ring is 1. The number of aromatic hydroxyl groups is 1. The average molecular weight is 286 g/mol. The molecule has 0 spiro atoms. The molecule has 1 aliphatic rings. The van der Waals surface area contributed by atoms with Crippen LogP contribution in [0, 0.1) is 0 Å². The molecule has 0 aromatic heterocycles. The summed E-state index contributed by atoms with van der Waals surface area (Å²) < 4.78 is 31.5. The number of ether oxygens (including phenoxy) is 1. The van der Waals surface area contributed by atoms with Crippen LogP contribution in [0.25, 0.3) is 0 Å². The number of sulfonamides is 1. The number of hydrogen-bond donors (Lipinski definition) is 2. The molecular weight excluding hydrogens is 268 g/mol. The summed E-state index contributed by atoms with van der Waals surface area (Å²) in [6.45, 7) is 1.14. The van der Waals surface area contributed by atoms with Crippen LogP contribution >= 0.6 is 0 Å². The predicted octanol–water partition coefficient (Wildman–Crippen LogP) is 0.774. The molecule has 106 valence electrons. The van der Waals surface area contributed by atoms with Gasteiger partial charge in [0.2, 0.25) is 10.0 Å². The summed E-state index contributed by atoms with van der Waals surface area (Å²) in [5.41, 5.74) is 5.60. The molecule has 1 heterocycles. The lowest BCUT2D eigenvalue weighted by Gasteiger charge is -2.30. The van der Waals surface area contributed by atoms with Crippen molar-refractivity contribution < 1.29 is 18.3 Å². The molecule has 3 N–H and O–H groups in total. The predicted molar refractivity (Wildman–Crippen MR) is 71.3 cm³/mol. The molecule has 0 unspecified atom stereocenters. The van der Waals surface area contributed by atoms with E-state index >= 15 is 0 Å². The summed E-state index contributed by atoms with van der Waals surface area (Å²) in [4.78, 5) is 0.0943. The van der Waals surface area contributed by atoms with E-state index in [2.05, 4.69) is 0 Å². The minimum atomic E-state index is -3.59. The lowest BCUT2D eigenvalue weighted by atomic mass is 10.1. The molecule has 6 nitrogen and oxygen atoms in total. The van der Waals surface area contributed by atoms with Gasteiger partial charge >= 0.3 is 0 Å². The minimum absolute atomic E-state index is 0.0569. The fraction of sp³-hybridized carbons (Fsp3) is 0.500. The van der Waals surface area contributed by atoms with E-state index < -0.39 is 10.0 Å². The smallest absolute Gasteiger partial charge is 0.243 e. The molecular formula is C12H18N2O4S. The summed E-state index contributed by atoms with van der Waals surface area (Å²) in [7, 11) is -2.03. The summed E-state index contributed by atoms with van der Waals surface area (Å²) in [6.07, 6.45) is 1.37. The van der Waals surface area contributed by atoms with Crippen LogP contribution in [0.4, 0.5) is 5.69 Å². The van der Waals surface area contributed by atoms with E-state index in [0.717, 1.165) is 0 Å². The van der Waals surface area contributed by atoms with Crippen molar-refractivity contribution in [2.45, 2.75) is 23.8 Å². The third-order valence-electron chi connectivity index (χ3n) is 3.38. The van der Waals surface area contributed by atoms with Crippen LogP contribution < -0.4 is 5.73 Å². The third kappa shape index (κ3) is 2.83. The molecule has 0 saturated carbocycles. The van der Waals surface area contributed by atoms with E-state index in [1.807, 2.05) is 0 Å². The molecule has 1 saturated heterocycles. The lowest BCUT2D eigenvalue weighted by Crippen LogP contribution is -2.40. The third-order valence-corrected chi connectivity index (χ3v) is 5.29. The van der Waals surface area contributed by atoms with E-state index in [1.54, 1.807) is 7.05 Å². The highest BCUT2D eigenvalue weighted by Gasteiger charge is 2.29. The molecule has 0 aliphatic carbocycles. The first-order valence-corrected chi connectivity index (χ1v) is 7.51. The number of anilines is 1. The maximum Gasteiger partial charge on any atom is 0.243 e. The highest BCUT2D eigenvalue weighted by atomic mass is 32.2. The Morgan fingerprint density at radius 2 is 2.00 bits per heavy atom. The van der Waals surface area contributed by atoms with Gasteiger partial charge in [0, 0.05) is 26.3 Å². The van der Waals surface area contributed by atoms with Gasteiger partial charge in [0.15, 0.2) is 0 Å². The second-order valence-electron chi connectivity index (χ2n) is 4.59. The van der Waals surface area contributed by atoms with Crippen LogP contribution in [0.5, 0.6) is 5.75 Å². The molecule has 0 amide bonds. The van der Waals surface area contributed by atoms with Gasteiger partial charge in [-0.15, -0.1) is 0 Å². The highest BCUT2D eigenvalue weighted by molar-refractivity contribution is 7.89. The fourth-order valence-electron chi connectivity index (χ4n) is 2.10. The van der Waals surface area contributed by atoms with Gasteiger partial charge in [-0.25, -0.2) is 8.42 Å². The van der Waals surface area contributed by atoms with Gasteiger partial charge in [-0.05, 0) is 31.0 Å². The first-order chi connectivity index (χ1) is 8.93. The Balaban J connectivity index is 2.27. The van der Waals surface area contributed by atoms with Crippen molar-refractivity contribution in [3.05, 3.63) is 18.2 Å². The molecule has 0 bridgehead atoms. The Hall–Kier alpha value is -1.31. The van der Waals surface area contributed by atoms with Crippen LogP contribution in [-0.2, 0) is 14.8 Å². The second kappa shape index (κ2) is 5.36. The topological polar surface area (TPSA) is 92.9 Å². The van der Waals surface area contributed by atoms with E-state index in [4.69, 9.17) is 10.5 Å². The van der Waals surface area contributed by atoms with Gasteiger partial charge < -0.3 is 15.6 Å². The van der Waals surface area contributed by atoms with Crippen LogP contribution in [-0.4, -0.2) is 44.1 Å². The number of nitrogens with two attached hydrogens (primary N) is 1. The number of hydrogen-bond acceptors (Lipinski definition) is 5. The Morgan fingerprint density at radius 3 is 2.58 bits per heavy atom. The largest absolute Gasteiger partial charge is 0.506 e. The van der Waals surface area contributed by atoms with E-state index in [9.17, 15) is 13.5 Å². The van der Waals surface area contributed by atoms with E-state index in [0.29, 0.717) is 26.1 Å². The first kappa shape index (κ1) is 14.1. The quantitative estimate of drug-likeness (QED) is 0.632. The molecule has 1 fully saturated rings. The molecule has 7 heteroatoms. The molecule has 1 aromatic carbocycles. The van der Waals surface area contributed by atoms with Crippen LogP contribution in [0.1, 0.15) is 12.8 Å². The SMILES string of the molecule is CN(C1CCOCC1)S(=O)(=O)c1ccc(O)c(N)c1. The van der Waals surface area contributed by atoms with Crippen molar-refractivity contribution in [1.29, 1.82) is 0 Å². The maximum absolute atomic E-state index is 12.4. The normalized spacial score (nSPS) is 17.8. The van der Waals surface area contributed by atoms with E-state index in [1.165, 1.54) is 22.5 Å². The van der Waals surface area contributed by atoms with Gasteiger partial charge in [0.1, 0.15) is 5.75 Å². The monoisotopic (exact) mass is 286 g/mol.